The van der Waals surface area contributed by atoms with Crippen LogP contribution in [-0.4, -0.2) is 22.1 Å². The van der Waals surface area contributed by atoms with Crippen LogP contribution in [0, 0.1) is 20.8 Å². The summed E-state index contributed by atoms with van der Waals surface area (Å²) in [5.74, 6) is -0.123. The van der Waals surface area contributed by atoms with Crippen LogP contribution in [0.3, 0.4) is 0 Å². The van der Waals surface area contributed by atoms with E-state index in [1.165, 1.54) is 11.3 Å². The van der Waals surface area contributed by atoms with Gasteiger partial charge in [-0.2, -0.15) is 0 Å². The van der Waals surface area contributed by atoms with Gasteiger partial charge in [-0.05, 0) is 44.9 Å². The zero-order valence-electron chi connectivity index (χ0n) is 12.0. The molecule has 1 aromatic heterocycles. The van der Waals surface area contributed by atoms with Gasteiger partial charge in [-0.15, -0.1) is 10.2 Å². The van der Waals surface area contributed by atoms with Crippen LogP contribution in [0.4, 0.5) is 10.8 Å². The van der Waals surface area contributed by atoms with Crippen LogP contribution in [0.1, 0.15) is 23.1 Å². The fourth-order valence-corrected chi connectivity index (χ4v) is 2.35. The van der Waals surface area contributed by atoms with Gasteiger partial charge in [-0.1, -0.05) is 23.5 Å². The molecule has 1 amide bonds. The summed E-state index contributed by atoms with van der Waals surface area (Å²) in [6.45, 7) is 7.72. The van der Waals surface area contributed by atoms with Gasteiger partial charge in [0.25, 0.3) is 0 Å². The third-order valence-corrected chi connectivity index (χ3v) is 3.67. The van der Waals surface area contributed by atoms with E-state index in [1.807, 2.05) is 39.8 Å². The molecule has 2 aromatic rings. The summed E-state index contributed by atoms with van der Waals surface area (Å²) in [6, 6.07) is 5.78. The summed E-state index contributed by atoms with van der Waals surface area (Å²) in [4.78, 5) is 12.1. The molecule has 0 aliphatic carbocycles. The number of aromatic nitrogens is 2. The number of nitrogens with one attached hydrogen (secondary N) is 2. The van der Waals surface area contributed by atoms with Gasteiger partial charge in [0.2, 0.25) is 11.0 Å². The normalized spacial score (nSPS) is 12.0. The van der Waals surface area contributed by atoms with Crippen molar-refractivity contribution < 1.29 is 4.79 Å². The zero-order chi connectivity index (χ0) is 14.7. The molecule has 0 fully saturated rings. The molecule has 0 bridgehead atoms. The van der Waals surface area contributed by atoms with E-state index in [0.29, 0.717) is 5.13 Å². The van der Waals surface area contributed by atoms with Crippen LogP contribution in [0.15, 0.2) is 18.2 Å². The van der Waals surface area contributed by atoms with Crippen molar-refractivity contribution in [3.05, 3.63) is 34.3 Å². The minimum atomic E-state index is -0.347. The fraction of sp³-hybridized carbons (Fsp3) is 0.357. The number of anilines is 2. The van der Waals surface area contributed by atoms with Crippen LogP contribution in [0.5, 0.6) is 0 Å². The molecular formula is C14H18N4OS. The van der Waals surface area contributed by atoms with E-state index in [0.717, 1.165) is 21.8 Å². The van der Waals surface area contributed by atoms with E-state index in [2.05, 4.69) is 26.9 Å². The summed E-state index contributed by atoms with van der Waals surface area (Å²) in [5, 5.41) is 15.1. The van der Waals surface area contributed by atoms with E-state index in [1.54, 1.807) is 0 Å². The molecule has 1 heterocycles. The third kappa shape index (κ3) is 3.54. The Balaban J connectivity index is 2.02. The molecule has 2 N–H and O–H groups in total. The first-order valence-corrected chi connectivity index (χ1v) is 7.22. The van der Waals surface area contributed by atoms with E-state index < -0.39 is 0 Å². The smallest absolute Gasteiger partial charge is 0.248 e. The summed E-state index contributed by atoms with van der Waals surface area (Å²) >= 11 is 1.36. The molecule has 6 heteroatoms. The molecule has 106 valence electrons. The van der Waals surface area contributed by atoms with Gasteiger partial charge in [-0.3, -0.25) is 10.1 Å². The van der Waals surface area contributed by atoms with Gasteiger partial charge >= 0.3 is 0 Å². The molecule has 0 saturated heterocycles. The lowest BCUT2D eigenvalue weighted by Crippen LogP contribution is -2.32. The van der Waals surface area contributed by atoms with Crippen molar-refractivity contribution in [1.29, 1.82) is 0 Å². The number of carbonyl (C=O) groups excluding carboxylic acids is 1. The van der Waals surface area contributed by atoms with Crippen molar-refractivity contribution in [3.8, 4) is 0 Å². The first-order valence-electron chi connectivity index (χ1n) is 6.40. The minimum Gasteiger partial charge on any atom is -0.374 e. The monoisotopic (exact) mass is 290 g/mol. The number of aryl methyl sites for hydroxylation is 3. The number of nitrogens with zero attached hydrogens (tertiary/aromatic N) is 2. The predicted octanol–water partition coefficient (Wildman–Crippen LogP) is 2.90. The second kappa shape index (κ2) is 6.00. The Bertz CT molecular complexity index is 623. The molecule has 5 nitrogen and oxygen atoms in total. The maximum Gasteiger partial charge on any atom is 0.248 e. The lowest BCUT2D eigenvalue weighted by Gasteiger charge is -2.16. The Morgan fingerprint density at radius 2 is 2.00 bits per heavy atom. The predicted molar refractivity (Wildman–Crippen MR) is 82.3 cm³/mol. The Labute approximate surface area is 122 Å². The topological polar surface area (TPSA) is 66.9 Å². The Hall–Kier alpha value is -1.95. The third-order valence-electron chi connectivity index (χ3n) is 2.91. The number of hydrogen-bond acceptors (Lipinski definition) is 5. The highest BCUT2D eigenvalue weighted by Crippen LogP contribution is 2.18. The van der Waals surface area contributed by atoms with Crippen LogP contribution in [0.25, 0.3) is 0 Å². The first-order chi connectivity index (χ1) is 9.45. The quantitative estimate of drug-likeness (QED) is 0.908. The van der Waals surface area contributed by atoms with Crippen LogP contribution >= 0.6 is 11.3 Å². The zero-order valence-corrected chi connectivity index (χ0v) is 12.8. The summed E-state index contributed by atoms with van der Waals surface area (Å²) < 4.78 is 0. The Kier molecular flexibility index (Phi) is 4.34. The molecule has 0 unspecified atom stereocenters. The number of hydrogen-bond donors (Lipinski definition) is 2. The van der Waals surface area contributed by atoms with Crippen molar-refractivity contribution in [2.45, 2.75) is 33.7 Å². The molecule has 0 radical (unpaired) electrons. The average Bonchev–Trinajstić information content (AvgIpc) is 2.79. The lowest BCUT2D eigenvalue weighted by atomic mass is 10.1. The van der Waals surface area contributed by atoms with Crippen molar-refractivity contribution in [2.75, 3.05) is 10.6 Å². The van der Waals surface area contributed by atoms with Gasteiger partial charge in [-0.25, -0.2) is 0 Å². The Morgan fingerprint density at radius 1 is 1.25 bits per heavy atom. The molecule has 0 aliphatic rings. The number of carbonyl (C=O) groups is 1. The standard InChI is InChI=1S/C14H18N4OS/c1-8-5-6-9(2)12(7-8)15-10(3)13(19)16-14-18-17-11(4)20-14/h5-7,10,15H,1-4H3,(H,16,18,19)/t10-/m0/s1. The molecule has 0 saturated carbocycles. The number of amides is 1. The van der Waals surface area contributed by atoms with Crippen molar-refractivity contribution in [2.24, 2.45) is 0 Å². The lowest BCUT2D eigenvalue weighted by molar-refractivity contribution is -0.116. The van der Waals surface area contributed by atoms with Gasteiger partial charge in [0, 0.05) is 5.69 Å². The molecule has 2 rings (SSSR count). The SMILES string of the molecule is Cc1ccc(C)c(N[C@@H](C)C(=O)Nc2nnc(C)s2)c1. The molecule has 1 aromatic carbocycles. The van der Waals surface area contributed by atoms with E-state index in [4.69, 9.17) is 0 Å². The number of rotatable bonds is 4. The maximum atomic E-state index is 12.1. The molecule has 0 spiro atoms. The summed E-state index contributed by atoms with van der Waals surface area (Å²) in [6.07, 6.45) is 0. The highest BCUT2D eigenvalue weighted by molar-refractivity contribution is 7.15. The van der Waals surface area contributed by atoms with Crippen LogP contribution < -0.4 is 10.6 Å². The largest absolute Gasteiger partial charge is 0.374 e. The van der Waals surface area contributed by atoms with Crippen molar-refractivity contribution >= 4 is 28.1 Å². The maximum absolute atomic E-state index is 12.1. The van der Waals surface area contributed by atoms with E-state index in [-0.39, 0.29) is 11.9 Å². The van der Waals surface area contributed by atoms with Crippen LogP contribution in [0.2, 0.25) is 0 Å². The second-order valence-electron chi connectivity index (χ2n) is 4.80. The van der Waals surface area contributed by atoms with Crippen molar-refractivity contribution in [3.63, 3.8) is 0 Å². The molecule has 20 heavy (non-hydrogen) atoms. The van der Waals surface area contributed by atoms with Gasteiger partial charge in [0.05, 0.1) is 0 Å². The van der Waals surface area contributed by atoms with Gasteiger partial charge in [0.15, 0.2) is 0 Å². The Morgan fingerprint density at radius 3 is 2.65 bits per heavy atom. The number of benzene rings is 1. The highest BCUT2D eigenvalue weighted by Gasteiger charge is 2.15. The average molecular weight is 290 g/mol. The molecule has 1 atom stereocenters. The highest BCUT2D eigenvalue weighted by atomic mass is 32.1. The van der Waals surface area contributed by atoms with Gasteiger partial charge in [0.1, 0.15) is 11.0 Å². The van der Waals surface area contributed by atoms with E-state index in [9.17, 15) is 4.79 Å². The fourth-order valence-electron chi connectivity index (χ4n) is 1.75. The van der Waals surface area contributed by atoms with Gasteiger partial charge < -0.3 is 5.32 Å². The molecular weight excluding hydrogens is 272 g/mol. The first kappa shape index (κ1) is 14.5. The van der Waals surface area contributed by atoms with E-state index >= 15 is 0 Å². The second-order valence-corrected chi connectivity index (χ2v) is 5.98. The molecule has 0 aliphatic heterocycles. The van der Waals surface area contributed by atoms with Crippen LogP contribution in [-0.2, 0) is 4.79 Å². The minimum absolute atomic E-state index is 0.123. The van der Waals surface area contributed by atoms with Crippen molar-refractivity contribution in [1.82, 2.24) is 10.2 Å². The summed E-state index contributed by atoms with van der Waals surface area (Å²) in [7, 11) is 0. The summed E-state index contributed by atoms with van der Waals surface area (Å²) in [5.41, 5.74) is 3.24.